The van der Waals surface area contributed by atoms with Gasteiger partial charge in [0.05, 0.1) is 5.25 Å². The summed E-state index contributed by atoms with van der Waals surface area (Å²) in [6.45, 7) is 10.3. The van der Waals surface area contributed by atoms with E-state index in [1.54, 1.807) is 36.4 Å². The van der Waals surface area contributed by atoms with Crippen LogP contribution < -0.4 is 16.0 Å². The quantitative estimate of drug-likeness (QED) is 0.118. The molecule has 4 rings (SSSR count). The van der Waals surface area contributed by atoms with Crippen molar-refractivity contribution in [2.24, 2.45) is 0 Å². The monoisotopic (exact) mass is 605 g/mol. The fourth-order valence-electron chi connectivity index (χ4n) is 4.38. The van der Waals surface area contributed by atoms with Crippen LogP contribution >= 0.6 is 11.8 Å². The molecule has 0 saturated carbocycles. The minimum Gasteiger partial charge on any atom is -0.325 e. The molecule has 7 heteroatoms. The third-order valence-electron chi connectivity index (χ3n) is 7.06. The minimum absolute atomic E-state index is 0.112. The normalized spacial score (nSPS) is 12.1. The number of nitrogens with one attached hydrogen (secondary N) is 3. The van der Waals surface area contributed by atoms with E-state index in [-0.39, 0.29) is 22.8 Å². The highest BCUT2D eigenvalue weighted by molar-refractivity contribution is 8.00. The van der Waals surface area contributed by atoms with Crippen molar-refractivity contribution in [1.29, 1.82) is 0 Å². The molecule has 0 aliphatic carbocycles. The van der Waals surface area contributed by atoms with Gasteiger partial charge >= 0.3 is 0 Å². The highest BCUT2D eigenvalue weighted by Crippen LogP contribution is 2.27. The molecule has 0 bridgehead atoms. The van der Waals surface area contributed by atoms with Crippen molar-refractivity contribution in [3.8, 4) is 0 Å². The number of amides is 3. The summed E-state index contributed by atoms with van der Waals surface area (Å²) in [6.07, 6.45) is 1.67. The van der Waals surface area contributed by atoms with E-state index in [1.165, 1.54) is 22.9 Å². The molecule has 0 saturated heterocycles. The zero-order valence-corrected chi connectivity index (χ0v) is 26.6. The number of rotatable bonds is 11. The van der Waals surface area contributed by atoms with E-state index < -0.39 is 5.91 Å². The Balaban J connectivity index is 1.47. The fraction of sp³-hybridized carbons (Fsp3) is 0.216. The molecule has 0 heterocycles. The van der Waals surface area contributed by atoms with Gasteiger partial charge in [-0.15, -0.1) is 11.8 Å². The number of hydrogen-bond donors (Lipinski definition) is 3. The smallest absolute Gasteiger partial charge is 0.272 e. The molecule has 1 atom stereocenters. The van der Waals surface area contributed by atoms with Crippen LogP contribution in [0, 0.1) is 0 Å². The molecule has 0 radical (unpaired) electrons. The van der Waals surface area contributed by atoms with Crippen LogP contribution in [0.4, 0.5) is 11.4 Å². The van der Waals surface area contributed by atoms with E-state index in [1.807, 2.05) is 79.7 Å². The summed E-state index contributed by atoms with van der Waals surface area (Å²) in [7, 11) is 0. The number of carbonyl (C=O) groups excluding carboxylic acids is 3. The molecule has 0 aliphatic heterocycles. The lowest BCUT2D eigenvalue weighted by molar-refractivity contribution is -0.115. The summed E-state index contributed by atoms with van der Waals surface area (Å²) in [5, 5.41) is 8.30. The van der Waals surface area contributed by atoms with Gasteiger partial charge in [0.15, 0.2) is 0 Å². The molecule has 4 aromatic carbocycles. The lowest BCUT2D eigenvalue weighted by atomic mass is 10.0. The van der Waals surface area contributed by atoms with Crippen LogP contribution in [0.15, 0.2) is 114 Å². The maximum atomic E-state index is 13.5. The first-order chi connectivity index (χ1) is 21.1. The average molecular weight is 606 g/mol. The SMILES string of the molecule is CC(Sc1cccc(NC(=O)/C(=C\c2ccc(C(C)C)cc2)NC(=O)c2ccccc2)c1)C(=O)Nc1ccc(C(C)C)cc1. The number of carbonyl (C=O) groups is 3. The maximum absolute atomic E-state index is 13.5. The number of benzene rings is 4. The van der Waals surface area contributed by atoms with Crippen LogP contribution in [-0.4, -0.2) is 23.0 Å². The first kappa shape index (κ1) is 32.3. The van der Waals surface area contributed by atoms with Gasteiger partial charge in [-0.3, -0.25) is 14.4 Å². The lowest BCUT2D eigenvalue weighted by Crippen LogP contribution is -2.30. The molecule has 6 nitrogen and oxygen atoms in total. The van der Waals surface area contributed by atoms with Crippen LogP contribution in [0.3, 0.4) is 0 Å². The Hall–Kier alpha value is -4.62. The second-order valence-corrected chi connectivity index (χ2v) is 12.6. The number of hydrogen-bond acceptors (Lipinski definition) is 4. The van der Waals surface area contributed by atoms with Gasteiger partial charge in [-0.2, -0.15) is 0 Å². The summed E-state index contributed by atoms with van der Waals surface area (Å²) in [4.78, 5) is 40.2. The van der Waals surface area contributed by atoms with Crippen LogP contribution in [0.25, 0.3) is 6.08 Å². The Morgan fingerprint density at radius 1 is 0.659 bits per heavy atom. The van der Waals surface area contributed by atoms with Crippen molar-refractivity contribution < 1.29 is 14.4 Å². The van der Waals surface area contributed by atoms with Crippen molar-refractivity contribution >= 4 is 46.9 Å². The molecule has 0 spiro atoms. The third-order valence-corrected chi connectivity index (χ3v) is 8.16. The van der Waals surface area contributed by atoms with Gasteiger partial charge in [0, 0.05) is 21.8 Å². The van der Waals surface area contributed by atoms with E-state index in [0.29, 0.717) is 23.1 Å². The molecule has 0 aliphatic rings. The van der Waals surface area contributed by atoms with E-state index in [4.69, 9.17) is 0 Å². The van der Waals surface area contributed by atoms with Gasteiger partial charge in [0.2, 0.25) is 5.91 Å². The summed E-state index contributed by atoms with van der Waals surface area (Å²) in [5.74, 6) is -0.151. The van der Waals surface area contributed by atoms with Crippen LogP contribution in [0.1, 0.15) is 73.5 Å². The Morgan fingerprint density at radius 3 is 1.89 bits per heavy atom. The number of anilines is 2. The molecule has 4 aromatic rings. The van der Waals surface area contributed by atoms with E-state index in [2.05, 4.69) is 43.6 Å². The predicted molar refractivity (Wildman–Crippen MR) is 182 cm³/mol. The standard InChI is InChI=1S/C37H39N3O3S/c1-24(2)28-16-14-27(15-17-28)22-34(40-36(42)30-10-7-6-8-11-30)37(43)39-32-12-9-13-33(23-32)44-26(5)35(41)38-31-20-18-29(19-21-31)25(3)4/h6-26H,1-5H3,(H,38,41)(H,39,43)(H,40,42)/b34-22+. The van der Waals surface area contributed by atoms with Crippen LogP contribution in [0.2, 0.25) is 0 Å². The predicted octanol–water partition coefficient (Wildman–Crippen LogP) is 8.46. The summed E-state index contributed by atoms with van der Waals surface area (Å²) < 4.78 is 0. The molecule has 0 aromatic heterocycles. The van der Waals surface area contributed by atoms with Crippen molar-refractivity contribution in [3.63, 3.8) is 0 Å². The molecule has 1 unspecified atom stereocenters. The molecule has 3 amide bonds. The summed E-state index contributed by atoms with van der Waals surface area (Å²) >= 11 is 1.40. The zero-order valence-electron chi connectivity index (χ0n) is 25.8. The van der Waals surface area contributed by atoms with Crippen LogP contribution in [0.5, 0.6) is 0 Å². The zero-order chi connectivity index (χ0) is 31.6. The molecule has 3 N–H and O–H groups in total. The van der Waals surface area contributed by atoms with Gasteiger partial charge in [0.1, 0.15) is 5.70 Å². The molecular weight excluding hydrogens is 566 g/mol. The van der Waals surface area contributed by atoms with Gasteiger partial charge in [-0.05, 0) is 84.0 Å². The number of thioether (sulfide) groups is 1. The average Bonchev–Trinajstić information content (AvgIpc) is 3.01. The fourth-order valence-corrected chi connectivity index (χ4v) is 5.31. The largest absolute Gasteiger partial charge is 0.325 e. The molecule has 44 heavy (non-hydrogen) atoms. The second-order valence-electron chi connectivity index (χ2n) is 11.2. The first-order valence-corrected chi connectivity index (χ1v) is 15.6. The van der Waals surface area contributed by atoms with Gasteiger partial charge in [-0.1, -0.05) is 88.4 Å². The third kappa shape index (κ3) is 9.19. The maximum Gasteiger partial charge on any atom is 0.272 e. The Bertz CT molecular complexity index is 1610. The summed E-state index contributed by atoms with van der Waals surface area (Å²) in [5.41, 5.74) is 5.05. The van der Waals surface area contributed by atoms with Crippen molar-refractivity contribution in [3.05, 3.63) is 131 Å². The van der Waals surface area contributed by atoms with Gasteiger partial charge in [0.25, 0.3) is 11.8 Å². The van der Waals surface area contributed by atoms with Crippen molar-refractivity contribution in [1.82, 2.24) is 5.32 Å². The lowest BCUT2D eigenvalue weighted by Gasteiger charge is -2.15. The highest BCUT2D eigenvalue weighted by atomic mass is 32.2. The Kier molecular flexibility index (Phi) is 11.2. The Labute approximate surface area is 264 Å². The van der Waals surface area contributed by atoms with E-state index in [9.17, 15) is 14.4 Å². The van der Waals surface area contributed by atoms with Crippen LogP contribution in [-0.2, 0) is 9.59 Å². The van der Waals surface area contributed by atoms with Crippen molar-refractivity contribution in [2.45, 2.75) is 56.6 Å². The first-order valence-electron chi connectivity index (χ1n) is 14.8. The molecule has 0 fully saturated rings. The summed E-state index contributed by atoms with van der Waals surface area (Å²) in [6, 6.07) is 31.9. The minimum atomic E-state index is -0.458. The highest BCUT2D eigenvalue weighted by Gasteiger charge is 2.18. The Morgan fingerprint density at radius 2 is 1.27 bits per heavy atom. The van der Waals surface area contributed by atoms with Gasteiger partial charge in [-0.25, -0.2) is 0 Å². The van der Waals surface area contributed by atoms with Gasteiger partial charge < -0.3 is 16.0 Å². The topological polar surface area (TPSA) is 87.3 Å². The molecular formula is C37H39N3O3S. The molecule has 226 valence electrons. The van der Waals surface area contributed by atoms with E-state index >= 15 is 0 Å². The van der Waals surface area contributed by atoms with E-state index in [0.717, 1.165) is 16.1 Å². The van der Waals surface area contributed by atoms with Crippen molar-refractivity contribution in [2.75, 3.05) is 10.6 Å². The second kappa shape index (κ2) is 15.2.